The molecule has 0 aromatic rings. The van der Waals surface area contributed by atoms with Crippen LogP contribution in [0.25, 0.3) is 0 Å². The normalized spacial score (nSPS) is 26.0. The molecule has 0 aromatic heterocycles. The van der Waals surface area contributed by atoms with Crippen molar-refractivity contribution in [1.29, 1.82) is 0 Å². The molecular formula is C11H19N3O2. The van der Waals surface area contributed by atoms with Crippen LogP contribution in [0.5, 0.6) is 0 Å². The molecule has 2 fully saturated rings. The molecule has 0 spiro atoms. The van der Waals surface area contributed by atoms with E-state index in [1.807, 2.05) is 0 Å². The third kappa shape index (κ3) is 2.19. The number of amides is 3. The molecule has 1 N–H and O–H groups in total. The highest BCUT2D eigenvalue weighted by molar-refractivity contribution is 6.01. The lowest BCUT2D eigenvalue weighted by Gasteiger charge is -2.39. The molecule has 0 saturated carbocycles. The SMILES string of the molecule is CN1CCC(C)(CN2C(=O)CNC2=O)CC1. The summed E-state index contributed by atoms with van der Waals surface area (Å²) in [5.74, 6) is -0.0925. The van der Waals surface area contributed by atoms with E-state index in [9.17, 15) is 9.59 Å². The standard InChI is InChI=1S/C11H19N3O2/c1-11(3-5-13(2)6-4-11)8-14-9(15)7-12-10(14)16/h3-8H2,1-2H3,(H,12,16). The van der Waals surface area contributed by atoms with Gasteiger partial charge in [0.15, 0.2) is 0 Å². The Hall–Kier alpha value is -1.10. The van der Waals surface area contributed by atoms with Gasteiger partial charge in [-0.15, -0.1) is 0 Å². The predicted molar refractivity (Wildman–Crippen MR) is 59.9 cm³/mol. The fraction of sp³-hybridized carbons (Fsp3) is 0.818. The zero-order chi connectivity index (χ0) is 11.8. The summed E-state index contributed by atoms with van der Waals surface area (Å²) in [6.45, 7) is 4.97. The van der Waals surface area contributed by atoms with Gasteiger partial charge in [0.05, 0.1) is 6.54 Å². The van der Waals surface area contributed by atoms with Gasteiger partial charge in [0.2, 0.25) is 5.91 Å². The quantitative estimate of drug-likeness (QED) is 0.686. The number of hydrogen-bond donors (Lipinski definition) is 1. The van der Waals surface area contributed by atoms with Crippen LogP contribution in [-0.2, 0) is 4.79 Å². The smallest absolute Gasteiger partial charge is 0.324 e. The largest absolute Gasteiger partial charge is 0.329 e. The summed E-state index contributed by atoms with van der Waals surface area (Å²) in [4.78, 5) is 26.6. The first kappa shape index (κ1) is 11.4. The van der Waals surface area contributed by atoms with Crippen molar-refractivity contribution in [3.8, 4) is 0 Å². The minimum atomic E-state index is -0.231. The Bertz CT molecular complexity index is 292. The van der Waals surface area contributed by atoms with Crippen LogP contribution in [0.1, 0.15) is 19.8 Å². The molecule has 5 nitrogen and oxygen atoms in total. The average molecular weight is 225 g/mol. The molecule has 2 heterocycles. The molecule has 0 aromatic carbocycles. The maximum Gasteiger partial charge on any atom is 0.324 e. The van der Waals surface area contributed by atoms with Crippen molar-refractivity contribution in [1.82, 2.24) is 15.1 Å². The second kappa shape index (κ2) is 4.05. The van der Waals surface area contributed by atoms with Gasteiger partial charge in [-0.3, -0.25) is 9.69 Å². The average Bonchev–Trinajstić information content (AvgIpc) is 2.55. The molecule has 2 saturated heterocycles. The highest BCUT2D eigenvalue weighted by atomic mass is 16.2. The lowest BCUT2D eigenvalue weighted by atomic mass is 9.80. The Labute approximate surface area is 95.8 Å². The van der Waals surface area contributed by atoms with E-state index >= 15 is 0 Å². The Kier molecular flexibility index (Phi) is 2.88. The van der Waals surface area contributed by atoms with Crippen LogP contribution in [0.4, 0.5) is 4.79 Å². The summed E-state index contributed by atoms with van der Waals surface area (Å²) in [7, 11) is 2.10. The zero-order valence-electron chi connectivity index (χ0n) is 9.95. The van der Waals surface area contributed by atoms with Gasteiger partial charge in [0, 0.05) is 6.54 Å². The van der Waals surface area contributed by atoms with Gasteiger partial charge in [-0.1, -0.05) is 6.92 Å². The first-order valence-electron chi connectivity index (χ1n) is 5.77. The van der Waals surface area contributed by atoms with Crippen molar-refractivity contribution in [3.63, 3.8) is 0 Å². The Morgan fingerprint density at radius 1 is 1.31 bits per heavy atom. The second-order valence-corrected chi connectivity index (χ2v) is 5.25. The molecule has 0 atom stereocenters. The fourth-order valence-corrected chi connectivity index (χ4v) is 2.31. The Morgan fingerprint density at radius 2 is 1.94 bits per heavy atom. The Balaban J connectivity index is 1.98. The summed E-state index contributed by atoms with van der Waals surface area (Å²) in [6.07, 6.45) is 2.08. The minimum absolute atomic E-state index is 0.0872. The van der Waals surface area contributed by atoms with E-state index < -0.39 is 0 Å². The van der Waals surface area contributed by atoms with E-state index in [0.717, 1.165) is 25.9 Å². The summed E-state index contributed by atoms with van der Waals surface area (Å²) < 4.78 is 0. The number of likely N-dealkylation sites (tertiary alicyclic amines) is 1. The van der Waals surface area contributed by atoms with Crippen LogP contribution in [-0.4, -0.2) is 55.0 Å². The molecule has 0 unspecified atom stereocenters. The number of piperidine rings is 1. The van der Waals surface area contributed by atoms with Crippen LogP contribution >= 0.6 is 0 Å². The predicted octanol–water partition coefficient (Wildman–Crippen LogP) is 0.270. The van der Waals surface area contributed by atoms with Gasteiger partial charge in [-0.2, -0.15) is 0 Å². The van der Waals surface area contributed by atoms with Crippen molar-refractivity contribution >= 4 is 11.9 Å². The molecule has 5 heteroatoms. The minimum Gasteiger partial charge on any atom is -0.329 e. The van der Waals surface area contributed by atoms with Gasteiger partial charge in [0.25, 0.3) is 0 Å². The lowest BCUT2D eigenvalue weighted by molar-refractivity contribution is -0.126. The van der Waals surface area contributed by atoms with Gasteiger partial charge in [0.1, 0.15) is 0 Å². The van der Waals surface area contributed by atoms with Crippen molar-refractivity contribution in [2.24, 2.45) is 5.41 Å². The molecule has 3 amide bonds. The third-order valence-corrected chi connectivity index (χ3v) is 3.67. The first-order valence-corrected chi connectivity index (χ1v) is 5.77. The number of urea groups is 1. The van der Waals surface area contributed by atoms with Crippen LogP contribution in [0, 0.1) is 5.41 Å². The molecule has 2 rings (SSSR count). The van der Waals surface area contributed by atoms with E-state index in [2.05, 4.69) is 24.2 Å². The number of hydrogen-bond acceptors (Lipinski definition) is 3. The number of imide groups is 1. The molecule has 0 aliphatic carbocycles. The Morgan fingerprint density at radius 3 is 2.44 bits per heavy atom. The molecule has 2 aliphatic heterocycles. The van der Waals surface area contributed by atoms with Crippen LogP contribution in [0.15, 0.2) is 0 Å². The molecular weight excluding hydrogens is 206 g/mol. The fourth-order valence-electron chi connectivity index (χ4n) is 2.31. The number of nitrogens with zero attached hydrogens (tertiary/aromatic N) is 2. The van der Waals surface area contributed by atoms with Crippen molar-refractivity contribution in [3.05, 3.63) is 0 Å². The summed E-state index contributed by atoms with van der Waals surface area (Å²) in [6, 6.07) is -0.231. The van der Waals surface area contributed by atoms with E-state index in [1.165, 1.54) is 4.90 Å². The third-order valence-electron chi connectivity index (χ3n) is 3.67. The summed E-state index contributed by atoms with van der Waals surface area (Å²) >= 11 is 0. The maximum absolute atomic E-state index is 11.5. The van der Waals surface area contributed by atoms with Gasteiger partial charge < -0.3 is 10.2 Å². The number of carbonyl (C=O) groups is 2. The zero-order valence-corrected chi connectivity index (χ0v) is 9.95. The van der Waals surface area contributed by atoms with Crippen LogP contribution in [0.3, 0.4) is 0 Å². The van der Waals surface area contributed by atoms with Gasteiger partial charge in [-0.05, 0) is 38.4 Å². The topological polar surface area (TPSA) is 52.6 Å². The van der Waals surface area contributed by atoms with Gasteiger partial charge >= 0.3 is 6.03 Å². The molecule has 0 radical (unpaired) electrons. The maximum atomic E-state index is 11.5. The number of nitrogens with one attached hydrogen (secondary N) is 1. The van der Waals surface area contributed by atoms with Crippen LogP contribution < -0.4 is 5.32 Å². The van der Waals surface area contributed by atoms with E-state index in [0.29, 0.717) is 6.54 Å². The molecule has 0 bridgehead atoms. The van der Waals surface area contributed by atoms with E-state index in [1.54, 1.807) is 0 Å². The summed E-state index contributed by atoms with van der Waals surface area (Å²) in [5.41, 5.74) is 0.0872. The lowest BCUT2D eigenvalue weighted by Crippen LogP contribution is -2.45. The van der Waals surface area contributed by atoms with Crippen LogP contribution in [0.2, 0.25) is 0 Å². The van der Waals surface area contributed by atoms with Crippen molar-refractivity contribution < 1.29 is 9.59 Å². The molecule has 16 heavy (non-hydrogen) atoms. The molecule has 2 aliphatic rings. The van der Waals surface area contributed by atoms with Gasteiger partial charge in [-0.25, -0.2) is 4.79 Å². The highest BCUT2D eigenvalue weighted by Gasteiger charge is 2.37. The highest BCUT2D eigenvalue weighted by Crippen LogP contribution is 2.31. The first-order chi connectivity index (χ1) is 7.50. The molecule has 90 valence electrons. The van der Waals surface area contributed by atoms with Crippen molar-refractivity contribution in [2.45, 2.75) is 19.8 Å². The monoisotopic (exact) mass is 225 g/mol. The number of rotatable bonds is 2. The van der Waals surface area contributed by atoms with Crippen molar-refractivity contribution in [2.75, 3.05) is 33.2 Å². The summed E-state index contributed by atoms with van der Waals surface area (Å²) in [5, 5.41) is 2.56. The van der Waals surface area contributed by atoms with E-state index in [4.69, 9.17) is 0 Å². The van der Waals surface area contributed by atoms with E-state index in [-0.39, 0.29) is 23.9 Å². The second-order valence-electron chi connectivity index (χ2n) is 5.25. The number of carbonyl (C=O) groups excluding carboxylic acids is 2.